The Morgan fingerprint density at radius 2 is 1.86 bits per heavy atom. The lowest BCUT2D eigenvalue weighted by atomic mass is 10.2. The molecule has 3 aromatic carbocycles. The fraction of sp³-hybridized carbons (Fsp3) is 0.0455. The van der Waals surface area contributed by atoms with Crippen molar-refractivity contribution in [2.45, 2.75) is 6.92 Å². The second-order valence-corrected chi connectivity index (χ2v) is 9.17. The Bertz CT molecular complexity index is 1220. The molecule has 144 valence electrons. The van der Waals surface area contributed by atoms with Gasteiger partial charge in [-0.2, -0.15) is 0 Å². The molecule has 0 saturated heterocycles. The third-order valence-electron chi connectivity index (χ3n) is 4.25. The minimum Gasteiger partial charge on any atom is -0.332 e. The Kier molecular flexibility index (Phi) is 5.89. The number of hydrogen-bond acceptors (Lipinski definition) is 4. The molecular weight excluding hydrogens is 513 g/mol. The van der Waals surface area contributed by atoms with Crippen LogP contribution in [0.2, 0.25) is 0 Å². The van der Waals surface area contributed by atoms with Gasteiger partial charge in [-0.1, -0.05) is 12.1 Å². The first kappa shape index (κ1) is 19.9. The molecule has 7 heteroatoms. The molecule has 0 aliphatic heterocycles. The highest BCUT2D eigenvalue weighted by molar-refractivity contribution is 14.1. The van der Waals surface area contributed by atoms with Crippen LogP contribution >= 0.6 is 46.1 Å². The Balaban J connectivity index is 1.43. The summed E-state index contributed by atoms with van der Waals surface area (Å²) in [7, 11) is 0. The SMILES string of the molecule is Cc1ccc2nc(-c3ccc(NC(=S)NC(=O)c4cccc(I)c4)cc3)sc2c1. The molecule has 29 heavy (non-hydrogen) atoms. The molecule has 0 unspecified atom stereocenters. The van der Waals surface area contributed by atoms with Crippen LogP contribution in [-0.4, -0.2) is 16.0 Å². The fourth-order valence-electron chi connectivity index (χ4n) is 2.82. The van der Waals surface area contributed by atoms with Crippen molar-refractivity contribution in [3.63, 3.8) is 0 Å². The average molecular weight is 529 g/mol. The molecule has 0 aliphatic carbocycles. The number of thiazole rings is 1. The molecule has 2 N–H and O–H groups in total. The maximum atomic E-state index is 12.3. The van der Waals surface area contributed by atoms with Crippen molar-refractivity contribution in [1.29, 1.82) is 0 Å². The molecule has 1 heterocycles. The lowest BCUT2D eigenvalue weighted by Gasteiger charge is -2.10. The first-order chi connectivity index (χ1) is 14.0. The molecule has 0 aliphatic rings. The number of halogens is 1. The molecule has 4 nitrogen and oxygen atoms in total. The number of aryl methyl sites for hydroxylation is 1. The van der Waals surface area contributed by atoms with Gasteiger partial charge in [0.25, 0.3) is 5.91 Å². The van der Waals surface area contributed by atoms with Gasteiger partial charge in [0.05, 0.1) is 10.2 Å². The van der Waals surface area contributed by atoms with Crippen LogP contribution in [0.15, 0.2) is 66.7 Å². The van der Waals surface area contributed by atoms with E-state index in [1.54, 1.807) is 17.4 Å². The predicted molar refractivity (Wildman–Crippen MR) is 133 cm³/mol. The second kappa shape index (κ2) is 8.56. The zero-order valence-corrected chi connectivity index (χ0v) is 19.2. The van der Waals surface area contributed by atoms with Crippen molar-refractivity contribution in [1.82, 2.24) is 10.3 Å². The van der Waals surface area contributed by atoms with E-state index in [0.717, 1.165) is 25.3 Å². The van der Waals surface area contributed by atoms with Gasteiger partial charge in [-0.3, -0.25) is 10.1 Å². The first-order valence-corrected chi connectivity index (χ1v) is 11.1. The van der Waals surface area contributed by atoms with Gasteiger partial charge in [0.1, 0.15) is 5.01 Å². The zero-order valence-electron chi connectivity index (χ0n) is 15.4. The number of hydrogen-bond donors (Lipinski definition) is 2. The molecule has 0 radical (unpaired) electrons. The Labute approximate surface area is 191 Å². The molecule has 4 aromatic rings. The number of fused-ring (bicyclic) bond motifs is 1. The minimum absolute atomic E-state index is 0.234. The van der Waals surface area contributed by atoms with Crippen molar-refractivity contribution in [3.05, 3.63) is 81.4 Å². The van der Waals surface area contributed by atoms with E-state index in [4.69, 9.17) is 17.2 Å². The van der Waals surface area contributed by atoms with E-state index in [0.29, 0.717) is 5.56 Å². The lowest BCUT2D eigenvalue weighted by molar-refractivity contribution is 0.0977. The number of anilines is 1. The maximum absolute atomic E-state index is 12.3. The molecule has 1 aromatic heterocycles. The van der Waals surface area contributed by atoms with Gasteiger partial charge < -0.3 is 5.32 Å². The summed E-state index contributed by atoms with van der Waals surface area (Å²) < 4.78 is 2.18. The van der Waals surface area contributed by atoms with Crippen molar-refractivity contribution < 1.29 is 4.79 Å². The maximum Gasteiger partial charge on any atom is 0.257 e. The number of carbonyl (C=O) groups excluding carboxylic acids is 1. The van der Waals surface area contributed by atoms with Gasteiger partial charge in [0, 0.05) is 20.4 Å². The number of thiocarbonyl (C=S) groups is 1. The van der Waals surface area contributed by atoms with Gasteiger partial charge >= 0.3 is 0 Å². The number of amides is 1. The highest BCUT2D eigenvalue weighted by Crippen LogP contribution is 2.31. The number of aromatic nitrogens is 1. The van der Waals surface area contributed by atoms with Crippen LogP contribution in [-0.2, 0) is 0 Å². The van der Waals surface area contributed by atoms with Gasteiger partial charge in [0.2, 0.25) is 0 Å². The number of carbonyl (C=O) groups is 1. The van der Waals surface area contributed by atoms with E-state index >= 15 is 0 Å². The third-order valence-corrected chi connectivity index (χ3v) is 6.19. The molecule has 1 amide bonds. The topological polar surface area (TPSA) is 54.0 Å². The highest BCUT2D eigenvalue weighted by atomic mass is 127. The van der Waals surface area contributed by atoms with E-state index < -0.39 is 0 Å². The monoisotopic (exact) mass is 529 g/mol. The fourth-order valence-corrected chi connectivity index (χ4v) is 4.64. The molecule has 0 saturated carbocycles. The summed E-state index contributed by atoms with van der Waals surface area (Å²) in [6, 6.07) is 21.5. The van der Waals surface area contributed by atoms with Crippen LogP contribution in [0.5, 0.6) is 0 Å². The van der Waals surface area contributed by atoms with Gasteiger partial charge in [-0.25, -0.2) is 4.98 Å². The Morgan fingerprint density at radius 1 is 1.07 bits per heavy atom. The van der Waals surface area contributed by atoms with E-state index in [1.807, 2.05) is 42.5 Å². The van der Waals surface area contributed by atoms with Crippen LogP contribution in [0, 0.1) is 10.5 Å². The van der Waals surface area contributed by atoms with E-state index in [9.17, 15) is 4.79 Å². The quantitative estimate of drug-likeness (QED) is 0.253. The summed E-state index contributed by atoms with van der Waals surface area (Å²) >= 11 is 9.12. The number of benzene rings is 3. The minimum atomic E-state index is -0.234. The van der Waals surface area contributed by atoms with Gasteiger partial charge in [0.15, 0.2) is 5.11 Å². The first-order valence-electron chi connectivity index (χ1n) is 8.83. The lowest BCUT2D eigenvalue weighted by Crippen LogP contribution is -2.34. The summed E-state index contributed by atoms with van der Waals surface area (Å²) in [5, 5.41) is 7.00. The Hall–Kier alpha value is -2.36. The van der Waals surface area contributed by atoms with Crippen LogP contribution in [0.4, 0.5) is 5.69 Å². The molecule has 0 bridgehead atoms. The van der Waals surface area contributed by atoms with E-state index in [-0.39, 0.29) is 11.0 Å². The standard InChI is InChI=1S/C22H16IN3OS2/c1-13-5-10-18-19(11-13)29-21(25-18)14-6-8-17(9-7-14)24-22(28)26-20(27)15-3-2-4-16(23)12-15/h2-12H,1H3,(H2,24,26,27,28). The number of nitrogens with zero attached hydrogens (tertiary/aromatic N) is 1. The smallest absolute Gasteiger partial charge is 0.257 e. The molecule has 0 spiro atoms. The van der Waals surface area contributed by atoms with Gasteiger partial charge in [-0.15, -0.1) is 11.3 Å². The van der Waals surface area contributed by atoms with Crippen LogP contribution in [0.25, 0.3) is 20.8 Å². The summed E-state index contributed by atoms with van der Waals surface area (Å²) in [4.78, 5) is 17.0. The summed E-state index contributed by atoms with van der Waals surface area (Å²) in [6.07, 6.45) is 0. The third kappa shape index (κ3) is 4.80. The van der Waals surface area contributed by atoms with E-state index in [1.165, 1.54) is 10.3 Å². The molecule has 4 rings (SSSR count). The number of rotatable bonds is 3. The normalized spacial score (nSPS) is 10.7. The van der Waals surface area contributed by atoms with Crippen molar-refractivity contribution >= 4 is 73.1 Å². The van der Waals surface area contributed by atoms with Crippen LogP contribution in [0.1, 0.15) is 15.9 Å². The van der Waals surface area contributed by atoms with E-state index in [2.05, 4.69) is 58.3 Å². The summed E-state index contributed by atoms with van der Waals surface area (Å²) in [5.74, 6) is -0.234. The summed E-state index contributed by atoms with van der Waals surface area (Å²) in [6.45, 7) is 2.08. The second-order valence-electron chi connectivity index (χ2n) is 6.49. The molecular formula is C22H16IN3OS2. The van der Waals surface area contributed by atoms with Crippen molar-refractivity contribution in [2.24, 2.45) is 0 Å². The van der Waals surface area contributed by atoms with Crippen molar-refractivity contribution in [3.8, 4) is 10.6 Å². The predicted octanol–water partition coefficient (Wildman–Crippen LogP) is 6.00. The van der Waals surface area contributed by atoms with Crippen LogP contribution in [0.3, 0.4) is 0 Å². The largest absolute Gasteiger partial charge is 0.332 e. The Morgan fingerprint density at radius 3 is 2.62 bits per heavy atom. The number of nitrogens with one attached hydrogen (secondary N) is 2. The zero-order chi connectivity index (χ0) is 20.4. The summed E-state index contributed by atoms with van der Waals surface area (Å²) in [5.41, 5.74) is 4.66. The van der Waals surface area contributed by atoms with Gasteiger partial charge in [-0.05, 0) is 102 Å². The van der Waals surface area contributed by atoms with Crippen LogP contribution < -0.4 is 10.6 Å². The van der Waals surface area contributed by atoms with Crippen molar-refractivity contribution in [2.75, 3.05) is 5.32 Å². The molecule has 0 atom stereocenters. The highest BCUT2D eigenvalue weighted by Gasteiger charge is 2.09. The molecule has 0 fully saturated rings. The average Bonchev–Trinajstić information content (AvgIpc) is 3.11.